The van der Waals surface area contributed by atoms with Crippen molar-refractivity contribution in [2.75, 3.05) is 0 Å². The third-order valence-electron chi connectivity index (χ3n) is 9.40. The van der Waals surface area contributed by atoms with Crippen LogP contribution in [0.15, 0.2) is 11.6 Å². The number of carboxylic acid groups (broad SMARTS) is 1. The molecule has 4 fully saturated rings. The Balaban J connectivity index is 1.46. The molecule has 8 heteroatoms. The standard InChI is InChI=1S/C25H36O8/c1-24-9-7-13(26)11-12(24)3-4-14-15-5-6-17(25(15,2)10-8-16(14)24)32-23-20(29)18(27)19(28)21(33-23)22(30)31/h11,14-21,23,27-29H,3-10H2,1-2H3,(H,30,31)/t14-,15-,16-,17?,18-,19-,20+,21-,23+,24-,25-/m0/s1/i6D2,17D. The summed E-state index contributed by atoms with van der Waals surface area (Å²) in [7, 11) is 0. The van der Waals surface area contributed by atoms with Gasteiger partial charge in [-0.3, -0.25) is 4.79 Å². The van der Waals surface area contributed by atoms with E-state index in [1.807, 2.05) is 6.92 Å². The van der Waals surface area contributed by atoms with E-state index in [-0.39, 0.29) is 35.4 Å². The smallest absolute Gasteiger partial charge is 0.335 e. The first-order valence-electron chi connectivity index (χ1n) is 13.5. The molecule has 0 aromatic rings. The van der Waals surface area contributed by atoms with Crippen molar-refractivity contribution in [3.63, 3.8) is 0 Å². The fraction of sp³-hybridized carbons (Fsp3) is 0.840. The Morgan fingerprint density at radius 2 is 1.88 bits per heavy atom. The lowest BCUT2D eigenvalue weighted by Crippen LogP contribution is -2.61. The highest BCUT2D eigenvalue weighted by molar-refractivity contribution is 5.91. The summed E-state index contributed by atoms with van der Waals surface area (Å²) in [5, 5.41) is 40.1. The van der Waals surface area contributed by atoms with Crippen LogP contribution in [-0.2, 0) is 19.1 Å². The molecule has 1 heterocycles. The van der Waals surface area contributed by atoms with Crippen molar-refractivity contribution in [1.29, 1.82) is 0 Å². The second kappa shape index (κ2) is 8.12. The van der Waals surface area contributed by atoms with Gasteiger partial charge in [0.05, 0.1) is 7.45 Å². The maximum atomic E-state index is 12.1. The van der Waals surface area contributed by atoms with Crippen LogP contribution in [0.4, 0.5) is 0 Å². The molecule has 0 amide bonds. The van der Waals surface area contributed by atoms with Gasteiger partial charge in [0.1, 0.15) is 18.3 Å². The second-order valence-electron chi connectivity index (χ2n) is 11.0. The van der Waals surface area contributed by atoms with Gasteiger partial charge in [0.15, 0.2) is 18.2 Å². The zero-order chi connectivity index (χ0) is 26.4. The molecule has 3 saturated carbocycles. The predicted molar refractivity (Wildman–Crippen MR) is 116 cm³/mol. The molecule has 0 bridgehead atoms. The molecule has 4 aliphatic carbocycles. The number of ether oxygens (including phenoxy) is 2. The normalized spacial score (nSPS) is 56.9. The molecule has 11 atom stereocenters. The molecule has 0 aromatic carbocycles. The van der Waals surface area contributed by atoms with Crippen LogP contribution < -0.4 is 0 Å². The zero-order valence-corrected chi connectivity index (χ0v) is 19.1. The third-order valence-corrected chi connectivity index (χ3v) is 9.40. The highest BCUT2D eigenvalue weighted by atomic mass is 16.7. The zero-order valence-electron chi connectivity index (χ0n) is 22.1. The Kier molecular flexibility index (Phi) is 4.91. The lowest BCUT2D eigenvalue weighted by Gasteiger charge is -2.58. The number of carbonyl (C=O) groups is 2. The molecule has 1 saturated heterocycles. The number of carboxylic acids is 1. The second-order valence-corrected chi connectivity index (χ2v) is 11.0. The summed E-state index contributed by atoms with van der Waals surface area (Å²) >= 11 is 0. The largest absolute Gasteiger partial charge is 0.479 e. The Hall–Kier alpha value is -1.32. The van der Waals surface area contributed by atoms with Gasteiger partial charge in [0, 0.05) is 9.16 Å². The summed E-state index contributed by atoms with van der Waals surface area (Å²) < 4.78 is 38.3. The van der Waals surface area contributed by atoms with Gasteiger partial charge in [-0.15, -0.1) is 0 Å². The maximum Gasteiger partial charge on any atom is 0.335 e. The van der Waals surface area contributed by atoms with E-state index in [1.165, 1.54) is 5.57 Å². The molecular formula is C25H36O8. The van der Waals surface area contributed by atoms with Crippen molar-refractivity contribution in [2.24, 2.45) is 28.6 Å². The van der Waals surface area contributed by atoms with Crippen LogP contribution in [0.1, 0.15) is 69.3 Å². The van der Waals surface area contributed by atoms with E-state index in [2.05, 4.69) is 6.92 Å². The van der Waals surface area contributed by atoms with E-state index in [9.17, 15) is 31.4 Å². The number of aliphatic hydroxyl groups is 3. The molecule has 4 N–H and O–H groups in total. The van der Waals surface area contributed by atoms with E-state index in [4.69, 9.17) is 12.2 Å². The lowest BCUT2D eigenvalue weighted by molar-refractivity contribution is -0.312. The molecule has 0 radical (unpaired) electrons. The fourth-order valence-electron chi connectivity index (χ4n) is 7.38. The van der Waals surface area contributed by atoms with E-state index in [0.29, 0.717) is 12.8 Å². The minimum Gasteiger partial charge on any atom is -0.479 e. The van der Waals surface area contributed by atoms with Crippen LogP contribution in [0.5, 0.6) is 0 Å². The number of ketones is 1. The molecule has 0 aromatic heterocycles. The number of hydrogen-bond donors (Lipinski definition) is 4. The number of allylic oxidation sites excluding steroid dienone is 1. The Morgan fingerprint density at radius 3 is 2.61 bits per heavy atom. The number of aliphatic hydroxyl groups excluding tert-OH is 3. The van der Waals surface area contributed by atoms with Gasteiger partial charge in [-0.25, -0.2) is 4.79 Å². The average molecular weight is 468 g/mol. The van der Waals surface area contributed by atoms with Crippen LogP contribution >= 0.6 is 0 Å². The Morgan fingerprint density at radius 1 is 1.12 bits per heavy atom. The molecule has 5 rings (SSSR count). The van der Waals surface area contributed by atoms with Gasteiger partial charge >= 0.3 is 5.97 Å². The first kappa shape index (κ1) is 19.9. The van der Waals surface area contributed by atoms with E-state index in [0.717, 1.165) is 25.7 Å². The van der Waals surface area contributed by atoms with Gasteiger partial charge in [0.2, 0.25) is 0 Å². The van der Waals surface area contributed by atoms with Crippen LogP contribution in [0, 0.1) is 28.6 Å². The number of hydrogen-bond acceptors (Lipinski definition) is 7. The number of fused-ring (bicyclic) bond motifs is 5. The topological polar surface area (TPSA) is 134 Å². The van der Waals surface area contributed by atoms with E-state index in [1.54, 1.807) is 6.08 Å². The SMILES string of the molecule is [2H]C1([2H])C[C@H]2[C@@H]3CCC4=CC(=O)CC[C@]4(C)[C@H]3CC[C@]2(C)C1([2H])O[C@@H]1O[C@H](C(=O)O)[C@@H](O)[C@H](O)[C@H]1O. The van der Waals surface area contributed by atoms with Gasteiger partial charge < -0.3 is 29.9 Å². The fourth-order valence-corrected chi connectivity index (χ4v) is 7.38. The van der Waals surface area contributed by atoms with Crippen molar-refractivity contribution >= 4 is 11.8 Å². The highest BCUT2D eigenvalue weighted by Gasteiger charge is 2.60. The summed E-state index contributed by atoms with van der Waals surface area (Å²) in [6.07, 6.45) is -7.74. The Labute approximate surface area is 198 Å². The van der Waals surface area contributed by atoms with Crippen LogP contribution in [0.3, 0.4) is 0 Å². The van der Waals surface area contributed by atoms with Crippen molar-refractivity contribution in [3.05, 3.63) is 11.6 Å². The molecule has 184 valence electrons. The summed E-state index contributed by atoms with van der Waals surface area (Å²) in [6.45, 7) is 4.04. The first-order valence-corrected chi connectivity index (χ1v) is 12.0. The monoisotopic (exact) mass is 467 g/mol. The molecular weight excluding hydrogens is 428 g/mol. The van der Waals surface area contributed by atoms with E-state index >= 15 is 0 Å². The molecule has 33 heavy (non-hydrogen) atoms. The minimum absolute atomic E-state index is 0.0680. The number of carbonyl (C=O) groups excluding carboxylic acids is 1. The summed E-state index contributed by atoms with van der Waals surface area (Å²) in [5.74, 6) is -1.22. The van der Waals surface area contributed by atoms with Crippen molar-refractivity contribution < 1.29 is 43.6 Å². The van der Waals surface area contributed by atoms with Crippen LogP contribution in [-0.4, -0.2) is 69.0 Å². The molecule has 8 nitrogen and oxygen atoms in total. The first-order chi connectivity index (χ1) is 16.7. The quantitative estimate of drug-likeness (QED) is 0.494. The maximum absolute atomic E-state index is 12.1. The highest BCUT2D eigenvalue weighted by Crippen LogP contribution is 2.65. The van der Waals surface area contributed by atoms with Crippen molar-refractivity contribution in [1.82, 2.24) is 0 Å². The average Bonchev–Trinajstić information content (AvgIpc) is 2.96. The van der Waals surface area contributed by atoms with Crippen LogP contribution in [0.2, 0.25) is 0 Å². The van der Waals surface area contributed by atoms with Gasteiger partial charge in [-0.1, -0.05) is 19.4 Å². The van der Waals surface area contributed by atoms with Gasteiger partial charge in [-0.05, 0) is 79.6 Å². The van der Waals surface area contributed by atoms with Gasteiger partial charge in [-0.2, -0.15) is 0 Å². The molecule has 5 aliphatic rings. The number of aliphatic carboxylic acids is 1. The van der Waals surface area contributed by atoms with Crippen molar-refractivity contribution in [2.45, 2.75) is 102 Å². The lowest BCUT2D eigenvalue weighted by atomic mass is 9.47. The predicted octanol–water partition coefficient (Wildman–Crippen LogP) is 1.80. The summed E-state index contributed by atoms with van der Waals surface area (Å²) in [5.41, 5.74) is 0.0862. The number of rotatable bonds is 3. The Bertz CT molecular complexity index is 988. The molecule has 1 unspecified atom stereocenters. The van der Waals surface area contributed by atoms with Crippen LogP contribution in [0.25, 0.3) is 0 Å². The molecule has 1 aliphatic heterocycles. The third kappa shape index (κ3) is 3.52. The summed E-state index contributed by atoms with van der Waals surface area (Å²) in [4.78, 5) is 23.6. The van der Waals surface area contributed by atoms with Gasteiger partial charge in [0.25, 0.3) is 0 Å². The van der Waals surface area contributed by atoms with E-state index < -0.39 is 54.5 Å². The molecule has 0 spiro atoms. The van der Waals surface area contributed by atoms with Crippen molar-refractivity contribution in [3.8, 4) is 0 Å². The minimum atomic E-state index is -2.19. The summed E-state index contributed by atoms with van der Waals surface area (Å²) in [6, 6.07) is 0.